The van der Waals surface area contributed by atoms with Gasteiger partial charge in [-0.2, -0.15) is 9.97 Å². The van der Waals surface area contributed by atoms with Gasteiger partial charge in [0.2, 0.25) is 11.0 Å². The van der Waals surface area contributed by atoms with Gasteiger partial charge in [-0.05, 0) is 12.1 Å². The number of halogens is 2. The van der Waals surface area contributed by atoms with E-state index >= 15 is 0 Å². The number of hydrogen-bond acceptors (Lipinski definition) is 4. The van der Waals surface area contributed by atoms with Crippen molar-refractivity contribution >= 4 is 87.4 Å². The minimum absolute atomic E-state index is 0.106. The van der Waals surface area contributed by atoms with Crippen LogP contribution in [0.15, 0.2) is 57.2 Å². The number of H-pyrrole nitrogens is 2. The van der Waals surface area contributed by atoms with E-state index < -0.39 is 0 Å². The molecule has 2 aromatic carbocycles. The van der Waals surface area contributed by atoms with Crippen LogP contribution in [-0.4, -0.2) is 0 Å². The van der Waals surface area contributed by atoms with Gasteiger partial charge in [0.05, 0.1) is 0 Å². The van der Waals surface area contributed by atoms with Crippen molar-refractivity contribution in [2.45, 2.75) is 8.68 Å². The summed E-state index contributed by atoms with van der Waals surface area (Å²) in [5.41, 5.74) is 2.33. The maximum atomic E-state index is 4.81. The number of rotatable bonds is 0. The summed E-state index contributed by atoms with van der Waals surface area (Å²) in [6, 6.07) is 16.3. The Morgan fingerprint density at radius 1 is 0.739 bits per heavy atom. The molecule has 0 bridgehead atoms. The summed E-state index contributed by atoms with van der Waals surface area (Å²) >= 11 is 11.6. The van der Waals surface area contributed by atoms with Crippen LogP contribution in [0.4, 0.5) is 0 Å². The third kappa shape index (κ3) is 6.19. The number of thiazole rings is 2. The summed E-state index contributed by atoms with van der Waals surface area (Å²) in [5, 5.41) is 0. The predicted molar refractivity (Wildman–Crippen MR) is 103 cm³/mol. The van der Waals surface area contributed by atoms with E-state index in [-0.39, 0.29) is 15.9 Å². The Bertz CT molecular complexity index is 743. The fraction of sp³-hybridized carbons (Fsp3) is 0. The Morgan fingerprint density at radius 3 is 1.43 bits per heavy atom. The molecule has 4 rings (SSSR count). The summed E-state index contributed by atoms with van der Waals surface area (Å²) in [7, 11) is 9.63. The average Bonchev–Trinajstić information content (AvgIpc) is 3.08. The number of fused-ring (bicyclic) bond motifs is 2. The van der Waals surface area contributed by atoms with Crippen molar-refractivity contribution in [1.82, 2.24) is 0 Å². The van der Waals surface area contributed by atoms with Crippen LogP contribution < -0.4 is 9.97 Å². The maximum absolute atomic E-state index is 4.81. The molecule has 0 atom stereocenters. The summed E-state index contributed by atoms with van der Waals surface area (Å²) in [5.74, 6) is 0. The number of aromatic amines is 2. The van der Waals surface area contributed by atoms with Gasteiger partial charge in [-0.3, -0.25) is 0 Å². The van der Waals surface area contributed by atoms with Gasteiger partial charge in [-0.15, -0.1) is 0 Å². The van der Waals surface area contributed by atoms with Crippen LogP contribution in [0.2, 0.25) is 0 Å². The zero-order valence-electron chi connectivity index (χ0n) is 11.4. The minimum atomic E-state index is -0.106. The fourth-order valence-corrected chi connectivity index (χ4v) is 4.13. The average molecular weight is 514 g/mol. The van der Waals surface area contributed by atoms with Gasteiger partial charge in [0.15, 0.2) is 0 Å². The van der Waals surface area contributed by atoms with Gasteiger partial charge in [0, 0.05) is 12.1 Å². The van der Waals surface area contributed by atoms with E-state index in [4.69, 9.17) is 19.1 Å². The first-order chi connectivity index (χ1) is 11.1. The van der Waals surface area contributed by atoms with E-state index in [1.807, 2.05) is 36.4 Å². The molecule has 0 unspecified atom stereocenters. The van der Waals surface area contributed by atoms with Crippen LogP contribution >= 0.6 is 67.0 Å². The molecule has 2 N–H and O–H groups in total. The van der Waals surface area contributed by atoms with Crippen LogP contribution in [-0.2, 0) is 15.9 Å². The van der Waals surface area contributed by atoms with E-state index in [1.54, 1.807) is 22.7 Å². The molecule has 0 fully saturated rings. The SMILES string of the molecule is Sc1[nH+]c2ccccc2s1.Sc1[nH+]c2ccccc2s1.[Cl][Pd][Cl]. The quantitative estimate of drug-likeness (QED) is 0.233. The number of benzene rings is 2. The molecule has 0 saturated heterocycles. The molecule has 0 aliphatic heterocycles. The Labute approximate surface area is 169 Å². The second kappa shape index (κ2) is 10.2. The van der Waals surface area contributed by atoms with Crippen LogP contribution in [0.5, 0.6) is 0 Å². The van der Waals surface area contributed by atoms with E-state index in [0.29, 0.717) is 0 Å². The fourth-order valence-electron chi connectivity index (χ4n) is 1.81. The van der Waals surface area contributed by atoms with Crippen LogP contribution in [0.1, 0.15) is 0 Å². The van der Waals surface area contributed by atoms with Crippen molar-refractivity contribution in [1.29, 1.82) is 0 Å². The standard InChI is InChI=1S/2C7H5NS2.2ClH.Pd/c2*9-7-8-5-3-1-2-4-6(5)10-7;;;/h2*1-4H,(H,8,9);2*1H;/q;;;;+2. The number of hydrogen-bond donors (Lipinski definition) is 2. The monoisotopic (exact) mass is 512 g/mol. The second-order valence-electron chi connectivity index (χ2n) is 4.10. The van der Waals surface area contributed by atoms with Crippen molar-refractivity contribution in [2.24, 2.45) is 0 Å². The molecular formula is C14H12Cl2N2PdS4+2. The first-order valence-corrected chi connectivity index (χ1v) is 12.7. The van der Waals surface area contributed by atoms with Crippen molar-refractivity contribution in [3.05, 3.63) is 48.5 Å². The molecule has 0 amide bonds. The Morgan fingerprint density at radius 2 is 1.09 bits per heavy atom. The Kier molecular flexibility index (Phi) is 8.66. The van der Waals surface area contributed by atoms with E-state index in [2.05, 4.69) is 47.4 Å². The Balaban J connectivity index is 0.000000143. The van der Waals surface area contributed by atoms with Crippen molar-refractivity contribution in [3.63, 3.8) is 0 Å². The summed E-state index contributed by atoms with van der Waals surface area (Å²) in [6.45, 7) is 0. The van der Waals surface area contributed by atoms with Gasteiger partial charge >= 0.3 is 35.0 Å². The number of thiol groups is 2. The molecule has 2 heterocycles. The molecule has 0 aliphatic rings. The molecule has 0 aliphatic carbocycles. The first-order valence-electron chi connectivity index (χ1n) is 6.16. The van der Waals surface area contributed by atoms with Gasteiger partial charge in [0.25, 0.3) is 8.68 Å². The molecule has 2 aromatic heterocycles. The Hall–Kier alpha value is 0.162. The topological polar surface area (TPSA) is 28.3 Å². The second-order valence-corrected chi connectivity index (χ2v) is 10.1. The third-order valence-electron chi connectivity index (χ3n) is 2.67. The normalized spacial score (nSPS) is 10.1. The van der Waals surface area contributed by atoms with Gasteiger partial charge in [0.1, 0.15) is 9.40 Å². The van der Waals surface area contributed by atoms with Gasteiger partial charge < -0.3 is 0 Å². The van der Waals surface area contributed by atoms with Crippen LogP contribution in [0, 0.1) is 0 Å². The molecule has 0 radical (unpaired) electrons. The van der Waals surface area contributed by atoms with Gasteiger partial charge in [-0.1, -0.05) is 72.2 Å². The molecule has 0 spiro atoms. The molecule has 124 valence electrons. The van der Waals surface area contributed by atoms with Crippen LogP contribution in [0.25, 0.3) is 20.4 Å². The number of aromatic nitrogens is 2. The zero-order chi connectivity index (χ0) is 16.7. The van der Waals surface area contributed by atoms with Crippen molar-refractivity contribution < 1.29 is 25.9 Å². The number of para-hydroxylation sites is 2. The van der Waals surface area contributed by atoms with Crippen molar-refractivity contribution in [3.8, 4) is 0 Å². The molecule has 2 nitrogen and oxygen atoms in total. The van der Waals surface area contributed by atoms with E-state index in [1.165, 1.54) is 9.40 Å². The summed E-state index contributed by atoms with van der Waals surface area (Å²) in [4.78, 5) is 6.28. The number of nitrogens with one attached hydrogen (secondary N) is 2. The third-order valence-corrected chi connectivity index (χ3v) is 5.18. The molecular weight excluding hydrogens is 502 g/mol. The van der Waals surface area contributed by atoms with Gasteiger partial charge in [-0.25, -0.2) is 0 Å². The predicted octanol–water partition coefficient (Wildman–Crippen LogP) is 5.38. The summed E-state index contributed by atoms with van der Waals surface area (Å²) in [6.07, 6.45) is 0. The molecule has 4 aromatic rings. The molecule has 0 saturated carbocycles. The molecule has 9 heteroatoms. The van der Waals surface area contributed by atoms with E-state index in [9.17, 15) is 0 Å². The first kappa shape index (κ1) is 19.5. The van der Waals surface area contributed by atoms with E-state index in [0.717, 1.165) is 19.7 Å². The molecule has 23 heavy (non-hydrogen) atoms. The zero-order valence-corrected chi connectivity index (χ0v) is 17.9. The summed E-state index contributed by atoms with van der Waals surface area (Å²) < 4.78 is 4.43. The van der Waals surface area contributed by atoms with Crippen molar-refractivity contribution in [2.75, 3.05) is 0 Å². The van der Waals surface area contributed by atoms with Crippen LogP contribution in [0.3, 0.4) is 0 Å².